The molecule has 2 N–H and O–H groups in total. The Morgan fingerprint density at radius 1 is 1.19 bits per heavy atom. The zero-order valence-electron chi connectivity index (χ0n) is 14.6. The Bertz CT molecular complexity index is 719. The molecule has 0 radical (unpaired) electrons. The number of hydrogen-bond donors (Lipinski definition) is 2. The van der Waals surface area contributed by atoms with E-state index in [9.17, 15) is 4.79 Å². The van der Waals surface area contributed by atoms with Gasteiger partial charge in [-0.3, -0.25) is 9.69 Å². The van der Waals surface area contributed by atoms with Gasteiger partial charge in [-0.2, -0.15) is 11.3 Å². The molecule has 1 atom stereocenters. The average molecular weight is 414 g/mol. The van der Waals surface area contributed by atoms with Crippen LogP contribution in [0.4, 0.5) is 0 Å². The van der Waals surface area contributed by atoms with Gasteiger partial charge in [0.25, 0.3) is 0 Å². The van der Waals surface area contributed by atoms with Crippen LogP contribution in [0.15, 0.2) is 41.1 Å². The van der Waals surface area contributed by atoms with E-state index in [1.54, 1.807) is 11.3 Å². The summed E-state index contributed by atoms with van der Waals surface area (Å²) in [7, 11) is 0. The number of benzene rings is 1. The monoisotopic (exact) mass is 413 g/mol. The Labute approximate surface area is 171 Å². The van der Waals surface area contributed by atoms with Gasteiger partial charge in [-0.15, -0.1) is 24.8 Å². The molecular formula is C19H25Cl2N3OS. The number of fused-ring (bicyclic) bond motifs is 1. The predicted octanol–water partition coefficient (Wildman–Crippen LogP) is 2.95. The van der Waals surface area contributed by atoms with Crippen molar-refractivity contribution in [2.75, 3.05) is 26.2 Å². The summed E-state index contributed by atoms with van der Waals surface area (Å²) >= 11 is 1.67. The van der Waals surface area contributed by atoms with Crippen molar-refractivity contribution < 1.29 is 4.79 Å². The molecule has 1 fully saturated rings. The molecule has 2 aromatic rings. The summed E-state index contributed by atoms with van der Waals surface area (Å²) < 4.78 is 0. The molecule has 1 aromatic heterocycles. The third-order valence-electron chi connectivity index (χ3n) is 5.28. The normalized spacial score (nSPS) is 22.0. The summed E-state index contributed by atoms with van der Waals surface area (Å²) in [5, 5.41) is 10.8. The van der Waals surface area contributed by atoms with E-state index < -0.39 is 5.54 Å². The maximum absolute atomic E-state index is 13.4. The smallest absolute Gasteiger partial charge is 0.245 e. The number of carbonyl (C=O) groups excluding carboxylic acids is 1. The fraction of sp³-hybridized carbons (Fsp3) is 0.421. The molecule has 1 amide bonds. The van der Waals surface area contributed by atoms with Crippen LogP contribution >= 0.6 is 36.2 Å². The number of nitrogens with one attached hydrogen (secondary N) is 2. The van der Waals surface area contributed by atoms with Gasteiger partial charge >= 0.3 is 0 Å². The van der Waals surface area contributed by atoms with Crippen molar-refractivity contribution in [2.45, 2.75) is 24.9 Å². The number of nitrogens with zero attached hydrogens (tertiary/aromatic N) is 1. The molecule has 2 heterocycles. The maximum atomic E-state index is 13.4. The van der Waals surface area contributed by atoms with Crippen LogP contribution in [0.1, 0.15) is 23.1 Å². The van der Waals surface area contributed by atoms with E-state index in [1.165, 1.54) is 16.7 Å². The summed E-state index contributed by atoms with van der Waals surface area (Å²) in [6.45, 7) is 4.34. The Kier molecular flexibility index (Phi) is 7.50. The lowest BCUT2D eigenvalue weighted by Crippen LogP contribution is -2.60. The molecule has 1 saturated heterocycles. The molecule has 4 rings (SSSR count). The SMILES string of the molecule is Cl.Cl.O=C(NCc1ccsc1)[C@]1(N2CCNCC2)CCc2ccccc21. The summed E-state index contributed by atoms with van der Waals surface area (Å²) in [6.07, 6.45) is 1.85. The minimum absolute atomic E-state index is 0. The molecule has 7 heteroatoms. The highest BCUT2D eigenvalue weighted by Gasteiger charge is 2.49. The molecule has 142 valence electrons. The van der Waals surface area contributed by atoms with Crippen molar-refractivity contribution in [3.8, 4) is 0 Å². The minimum Gasteiger partial charge on any atom is -0.350 e. The quantitative estimate of drug-likeness (QED) is 0.809. The fourth-order valence-corrected chi connectivity index (χ4v) is 4.74. The highest BCUT2D eigenvalue weighted by atomic mass is 35.5. The molecule has 26 heavy (non-hydrogen) atoms. The molecule has 0 bridgehead atoms. The van der Waals surface area contributed by atoms with Gasteiger partial charge in [-0.25, -0.2) is 0 Å². The van der Waals surface area contributed by atoms with Crippen LogP contribution in [0.25, 0.3) is 0 Å². The summed E-state index contributed by atoms with van der Waals surface area (Å²) in [6, 6.07) is 10.5. The molecule has 0 unspecified atom stereocenters. The van der Waals surface area contributed by atoms with Gasteiger partial charge in [0.15, 0.2) is 0 Å². The van der Waals surface area contributed by atoms with Gasteiger partial charge in [0.2, 0.25) is 5.91 Å². The third kappa shape index (κ3) is 3.78. The predicted molar refractivity (Wildman–Crippen MR) is 112 cm³/mol. The molecule has 0 saturated carbocycles. The van der Waals surface area contributed by atoms with E-state index in [2.05, 4.69) is 56.6 Å². The van der Waals surface area contributed by atoms with E-state index in [-0.39, 0.29) is 30.7 Å². The second kappa shape index (κ2) is 9.20. The minimum atomic E-state index is -0.505. The summed E-state index contributed by atoms with van der Waals surface area (Å²) in [4.78, 5) is 15.7. The van der Waals surface area contributed by atoms with Gasteiger partial charge in [0.1, 0.15) is 5.54 Å². The van der Waals surface area contributed by atoms with Crippen LogP contribution in [0.5, 0.6) is 0 Å². The van der Waals surface area contributed by atoms with E-state index in [0.29, 0.717) is 6.54 Å². The fourth-order valence-electron chi connectivity index (χ4n) is 4.07. The Morgan fingerprint density at radius 2 is 1.96 bits per heavy atom. The molecule has 2 aliphatic rings. The van der Waals surface area contributed by atoms with Crippen LogP contribution in [0.3, 0.4) is 0 Å². The van der Waals surface area contributed by atoms with Crippen molar-refractivity contribution in [3.63, 3.8) is 0 Å². The van der Waals surface area contributed by atoms with Crippen LogP contribution in [-0.2, 0) is 23.3 Å². The Balaban J connectivity index is 0.00000121. The van der Waals surface area contributed by atoms with Crippen LogP contribution in [-0.4, -0.2) is 37.0 Å². The third-order valence-corrected chi connectivity index (χ3v) is 6.02. The number of halogens is 2. The van der Waals surface area contributed by atoms with E-state index >= 15 is 0 Å². The molecule has 0 spiro atoms. The first-order chi connectivity index (χ1) is 11.8. The number of hydrogen-bond acceptors (Lipinski definition) is 4. The largest absolute Gasteiger partial charge is 0.350 e. The second-order valence-electron chi connectivity index (χ2n) is 6.57. The van der Waals surface area contributed by atoms with Gasteiger partial charge in [0.05, 0.1) is 0 Å². The zero-order chi connectivity index (χ0) is 16.4. The average Bonchev–Trinajstić information content (AvgIpc) is 3.29. The van der Waals surface area contributed by atoms with Crippen molar-refractivity contribution in [2.24, 2.45) is 0 Å². The first-order valence-electron chi connectivity index (χ1n) is 8.64. The standard InChI is InChI=1S/C19H23N3OS.2ClH/c23-18(21-13-15-6-12-24-14-15)19(22-10-8-20-9-11-22)7-5-16-3-1-2-4-17(16)19;;/h1-4,6,12,14,20H,5,7-11,13H2,(H,21,23);2*1H/t19-;;/m0../s1. The Hall–Kier alpha value is -1.11. The highest BCUT2D eigenvalue weighted by Crippen LogP contribution is 2.42. The van der Waals surface area contributed by atoms with Gasteiger partial charge < -0.3 is 10.6 Å². The second-order valence-corrected chi connectivity index (χ2v) is 7.35. The van der Waals surface area contributed by atoms with E-state index in [0.717, 1.165) is 39.0 Å². The number of piperazine rings is 1. The lowest BCUT2D eigenvalue weighted by Gasteiger charge is -2.43. The Morgan fingerprint density at radius 3 is 2.69 bits per heavy atom. The number of aryl methyl sites for hydroxylation is 1. The van der Waals surface area contributed by atoms with E-state index in [1.807, 2.05) is 0 Å². The van der Waals surface area contributed by atoms with E-state index in [4.69, 9.17) is 0 Å². The number of thiophene rings is 1. The van der Waals surface area contributed by atoms with Crippen molar-refractivity contribution in [3.05, 3.63) is 57.8 Å². The summed E-state index contributed by atoms with van der Waals surface area (Å²) in [5.41, 5.74) is 3.20. The molecule has 1 aliphatic carbocycles. The van der Waals surface area contributed by atoms with Crippen molar-refractivity contribution in [1.29, 1.82) is 0 Å². The summed E-state index contributed by atoms with van der Waals surface area (Å²) in [5.74, 6) is 0.153. The van der Waals surface area contributed by atoms with Gasteiger partial charge in [0, 0.05) is 32.7 Å². The molecule has 1 aromatic carbocycles. The van der Waals surface area contributed by atoms with Crippen LogP contribution in [0, 0.1) is 0 Å². The van der Waals surface area contributed by atoms with Crippen LogP contribution in [0.2, 0.25) is 0 Å². The first kappa shape index (κ1) is 21.2. The zero-order valence-corrected chi connectivity index (χ0v) is 17.0. The lowest BCUT2D eigenvalue weighted by molar-refractivity contribution is -0.135. The number of rotatable bonds is 4. The lowest BCUT2D eigenvalue weighted by atomic mass is 9.87. The highest BCUT2D eigenvalue weighted by molar-refractivity contribution is 7.07. The first-order valence-corrected chi connectivity index (χ1v) is 9.58. The number of carbonyl (C=O) groups is 1. The van der Waals surface area contributed by atoms with Crippen molar-refractivity contribution >= 4 is 42.1 Å². The molecule has 4 nitrogen and oxygen atoms in total. The number of amides is 1. The maximum Gasteiger partial charge on any atom is 0.245 e. The van der Waals surface area contributed by atoms with Gasteiger partial charge in [-0.05, 0) is 46.4 Å². The molecule has 1 aliphatic heterocycles. The van der Waals surface area contributed by atoms with Crippen LogP contribution < -0.4 is 10.6 Å². The van der Waals surface area contributed by atoms with Crippen molar-refractivity contribution in [1.82, 2.24) is 15.5 Å². The molecular weight excluding hydrogens is 389 g/mol. The van der Waals surface area contributed by atoms with Gasteiger partial charge in [-0.1, -0.05) is 24.3 Å². The topological polar surface area (TPSA) is 44.4 Å².